The summed E-state index contributed by atoms with van der Waals surface area (Å²) in [6, 6.07) is 7.22. The van der Waals surface area contributed by atoms with Crippen LogP contribution in [0.4, 0.5) is 5.69 Å². The number of rotatable bonds is 4. The van der Waals surface area contributed by atoms with Crippen molar-refractivity contribution >= 4 is 11.7 Å². The zero-order valence-electron chi connectivity index (χ0n) is 11.9. The summed E-state index contributed by atoms with van der Waals surface area (Å²) in [4.78, 5) is 10.9. The Morgan fingerprint density at radius 3 is 2.20 bits per heavy atom. The molecule has 3 rings (SSSR count). The predicted molar refractivity (Wildman–Crippen MR) is 80.2 cm³/mol. The molecule has 0 unspecified atom stereocenters. The molecular formula is C17H23NO2. The van der Waals surface area contributed by atoms with Crippen molar-refractivity contribution in [1.29, 1.82) is 0 Å². The molecule has 108 valence electrons. The van der Waals surface area contributed by atoms with Crippen molar-refractivity contribution in [2.45, 2.75) is 56.9 Å². The topological polar surface area (TPSA) is 49.3 Å². The molecule has 0 amide bonds. The third-order valence-corrected chi connectivity index (χ3v) is 5.16. The summed E-state index contributed by atoms with van der Waals surface area (Å²) >= 11 is 0. The van der Waals surface area contributed by atoms with Gasteiger partial charge in [-0.05, 0) is 55.9 Å². The molecule has 1 aromatic carbocycles. The zero-order valence-corrected chi connectivity index (χ0v) is 11.9. The fraction of sp³-hybridized carbons (Fsp3) is 0.588. The van der Waals surface area contributed by atoms with Gasteiger partial charge in [0, 0.05) is 11.2 Å². The Bertz CT molecular complexity index is 468. The summed E-state index contributed by atoms with van der Waals surface area (Å²) in [7, 11) is 0. The molecule has 0 aliphatic heterocycles. The molecule has 0 aromatic heterocycles. The molecule has 3 heteroatoms. The highest BCUT2D eigenvalue weighted by Crippen LogP contribution is 2.45. The van der Waals surface area contributed by atoms with E-state index >= 15 is 0 Å². The summed E-state index contributed by atoms with van der Waals surface area (Å²) in [6.07, 6.45) is 10.6. The van der Waals surface area contributed by atoms with Crippen molar-refractivity contribution in [2.24, 2.45) is 5.92 Å². The van der Waals surface area contributed by atoms with E-state index < -0.39 is 5.97 Å². The molecule has 0 radical (unpaired) electrons. The standard InChI is InChI=1S/C17H23NO2/c19-16(20)13-7-9-15(10-8-13)18-17(11-3-4-12-17)14-5-1-2-6-14/h7-10,14,18H,1-6,11-12H2,(H,19,20). The largest absolute Gasteiger partial charge is 0.478 e. The van der Waals surface area contributed by atoms with Gasteiger partial charge in [0.2, 0.25) is 0 Å². The lowest BCUT2D eigenvalue weighted by atomic mass is 9.80. The first kappa shape index (κ1) is 13.5. The highest BCUT2D eigenvalue weighted by molar-refractivity contribution is 5.88. The Labute approximate surface area is 120 Å². The van der Waals surface area contributed by atoms with Crippen molar-refractivity contribution in [3.8, 4) is 0 Å². The molecule has 3 nitrogen and oxygen atoms in total. The molecule has 1 aromatic rings. The van der Waals surface area contributed by atoms with E-state index in [4.69, 9.17) is 5.11 Å². The van der Waals surface area contributed by atoms with Crippen molar-refractivity contribution in [1.82, 2.24) is 0 Å². The van der Waals surface area contributed by atoms with Crippen LogP contribution in [0, 0.1) is 5.92 Å². The van der Waals surface area contributed by atoms with Gasteiger partial charge in [-0.15, -0.1) is 0 Å². The van der Waals surface area contributed by atoms with E-state index in [0.29, 0.717) is 5.56 Å². The van der Waals surface area contributed by atoms with Crippen molar-refractivity contribution in [3.63, 3.8) is 0 Å². The minimum Gasteiger partial charge on any atom is -0.478 e. The summed E-state index contributed by atoms with van der Waals surface area (Å²) in [6.45, 7) is 0. The van der Waals surface area contributed by atoms with Crippen LogP contribution in [0.5, 0.6) is 0 Å². The maximum absolute atomic E-state index is 10.9. The van der Waals surface area contributed by atoms with E-state index in [2.05, 4.69) is 5.32 Å². The highest BCUT2D eigenvalue weighted by atomic mass is 16.4. The molecule has 0 heterocycles. The van der Waals surface area contributed by atoms with E-state index in [1.54, 1.807) is 12.1 Å². The number of carboxylic acids is 1. The van der Waals surface area contributed by atoms with Crippen molar-refractivity contribution < 1.29 is 9.90 Å². The Hall–Kier alpha value is -1.51. The third kappa shape index (κ3) is 2.54. The Kier molecular flexibility index (Phi) is 3.68. The average Bonchev–Trinajstić information content (AvgIpc) is 3.10. The summed E-state index contributed by atoms with van der Waals surface area (Å²) < 4.78 is 0. The molecule has 0 saturated heterocycles. The van der Waals surface area contributed by atoms with Gasteiger partial charge < -0.3 is 10.4 Å². The van der Waals surface area contributed by atoms with Gasteiger partial charge in [0.1, 0.15) is 0 Å². The van der Waals surface area contributed by atoms with Crippen LogP contribution in [0.1, 0.15) is 61.7 Å². The number of hydrogen-bond donors (Lipinski definition) is 2. The lowest BCUT2D eigenvalue weighted by Crippen LogP contribution is -2.42. The van der Waals surface area contributed by atoms with E-state index in [1.165, 1.54) is 51.4 Å². The number of nitrogens with one attached hydrogen (secondary N) is 1. The molecule has 0 atom stereocenters. The second-order valence-corrected chi connectivity index (χ2v) is 6.35. The molecular weight excluding hydrogens is 250 g/mol. The lowest BCUT2D eigenvalue weighted by molar-refractivity contribution is 0.0697. The van der Waals surface area contributed by atoms with Gasteiger partial charge >= 0.3 is 5.97 Å². The van der Waals surface area contributed by atoms with Gasteiger partial charge in [0.25, 0.3) is 0 Å². The van der Waals surface area contributed by atoms with E-state index in [1.807, 2.05) is 12.1 Å². The number of carbonyl (C=O) groups is 1. The van der Waals surface area contributed by atoms with Gasteiger partial charge in [-0.3, -0.25) is 0 Å². The second kappa shape index (κ2) is 5.47. The van der Waals surface area contributed by atoms with Crippen LogP contribution < -0.4 is 5.32 Å². The first-order valence-corrected chi connectivity index (χ1v) is 7.81. The number of hydrogen-bond acceptors (Lipinski definition) is 2. The van der Waals surface area contributed by atoms with Crippen LogP contribution in [0.25, 0.3) is 0 Å². The first-order chi connectivity index (χ1) is 9.70. The van der Waals surface area contributed by atoms with Crippen LogP contribution in [-0.4, -0.2) is 16.6 Å². The SMILES string of the molecule is O=C(O)c1ccc(NC2(C3CCCC3)CCCC2)cc1. The normalized spacial score (nSPS) is 22.0. The summed E-state index contributed by atoms with van der Waals surface area (Å²) in [5.74, 6) is -0.0629. The Morgan fingerprint density at radius 1 is 1.05 bits per heavy atom. The average molecular weight is 273 g/mol. The minimum absolute atomic E-state index is 0.265. The fourth-order valence-electron chi connectivity index (χ4n) is 4.10. The van der Waals surface area contributed by atoms with E-state index in [-0.39, 0.29) is 5.54 Å². The van der Waals surface area contributed by atoms with Crippen molar-refractivity contribution in [2.75, 3.05) is 5.32 Å². The second-order valence-electron chi connectivity index (χ2n) is 6.35. The maximum atomic E-state index is 10.9. The number of anilines is 1. The molecule has 20 heavy (non-hydrogen) atoms. The minimum atomic E-state index is -0.858. The predicted octanol–water partition coefficient (Wildman–Crippen LogP) is 4.30. The molecule has 2 N–H and O–H groups in total. The highest BCUT2D eigenvalue weighted by Gasteiger charge is 2.42. The molecule has 2 aliphatic rings. The van der Waals surface area contributed by atoms with E-state index in [9.17, 15) is 4.79 Å². The van der Waals surface area contributed by atoms with Crippen LogP contribution in [0.3, 0.4) is 0 Å². The number of aromatic carboxylic acids is 1. The molecule has 0 spiro atoms. The molecule has 2 saturated carbocycles. The van der Waals surface area contributed by atoms with E-state index in [0.717, 1.165) is 11.6 Å². The first-order valence-electron chi connectivity index (χ1n) is 7.81. The Morgan fingerprint density at radius 2 is 1.65 bits per heavy atom. The number of carboxylic acid groups (broad SMARTS) is 1. The summed E-state index contributed by atoms with van der Waals surface area (Å²) in [5.41, 5.74) is 1.70. The molecule has 0 bridgehead atoms. The number of benzene rings is 1. The van der Waals surface area contributed by atoms with Gasteiger partial charge in [-0.2, -0.15) is 0 Å². The third-order valence-electron chi connectivity index (χ3n) is 5.16. The monoisotopic (exact) mass is 273 g/mol. The molecule has 2 aliphatic carbocycles. The van der Waals surface area contributed by atoms with Crippen LogP contribution >= 0.6 is 0 Å². The molecule has 2 fully saturated rings. The van der Waals surface area contributed by atoms with Gasteiger partial charge in [0.15, 0.2) is 0 Å². The smallest absolute Gasteiger partial charge is 0.335 e. The lowest BCUT2D eigenvalue weighted by Gasteiger charge is -2.37. The summed E-state index contributed by atoms with van der Waals surface area (Å²) in [5, 5.41) is 12.7. The zero-order chi connectivity index (χ0) is 14.0. The van der Waals surface area contributed by atoms with Crippen LogP contribution in [0.2, 0.25) is 0 Å². The fourth-order valence-corrected chi connectivity index (χ4v) is 4.10. The van der Waals surface area contributed by atoms with Gasteiger partial charge in [0.05, 0.1) is 5.56 Å². The van der Waals surface area contributed by atoms with Crippen molar-refractivity contribution in [3.05, 3.63) is 29.8 Å². The van der Waals surface area contributed by atoms with Gasteiger partial charge in [-0.25, -0.2) is 4.79 Å². The quantitative estimate of drug-likeness (QED) is 0.860. The Balaban J connectivity index is 1.77. The van der Waals surface area contributed by atoms with Gasteiger partial charge in [-0.1, -0.05) is 25.7 Å². The van der Waals surface area contributed by atoms with Crippen LogP contribution in [0.15, 0.2) is 24.3 Å². The maximum Gasteiger partial charge on any atom is 0.335 e. The van der Waals surface area contributed by atoms with Crippen LogP contribution in [-0.2, 0) is 0 Å².